The lowest BCUT2D eigenvalue weighted by atomic mass is 9.96. The largest absolute Gasteiger partial charge is 0.379 e. The molecule has 0 spiro atoms. The normalized spacial score (nSPS) is 12.4. The zero-order chi connectivity index (χ0) is 22.9. The molecule has 2 N–H and O–H groups in total. The second kappa shape index (κ2) is 11.4. The highest BCUT2D eigenvalue weighted by Gasteiger charge is 2.22. The van der Waals surface area contributed by atoms with Crippen molar-refractivity contribution >= 4 is 22.8 Å². The van der Waals surface area contributed by atoms with Gasteiger partial charge in [0.1, 0.15) is 5.69 Å². The third kappa shape index (κ3) is 5.91. The van der Waals surface area contributed by atoms with Crippen molar-refractivity contribution in [1.82, 2.24) is 14.9 Å². The molecule has 2 heterocycles. The molecule has 0 aliphatic carbocycles. The van der Waals surface area contributed by atoms with Crippen molar-refractivity contribution in [3.8, 4) is 11.1 Å². The lowest BCUT2D eigenvalue weighted by molar-refractivity contribution is 0.0751. The summed E-state index contributed by atoms with van der Waals surface area (Å²) >= 11 is 1.43. The van der Waals surface area contributed by atoms with Crippen LogP contribution in [0.4, 0.5) is 4.39 Å². The third-order valence-electron chi connectivity index (χ3n) is 5.07. The van der Waals surface area contributed by atoms with Gasteiger partial charge in [0.2, 0.25) is 5.95 Å². The van der Waals surface area contributed by atoms with Crippen LogP contribution in [-0.2, 0) is 0 Å². The maximum absolute atomic E-state index is 14.3. The van der Waals surface area contributed by atoms with Crippen LogP contribution in [0.25, 0.3) is 11.1 Å². The Bertz CT molecular complexity index is 1080. The number of aromatic nitrogens is 2. The predicted octanol–water partition coefficient (Wildman–Crippen LogP) is 4.21. The van der Waals surface area contributed by atoms with Crippen molar-refractivity contribution in [3.05, 3.63) is 84.2 Å². The Morgan fingerprint density at radius 3 is 2.66 bits per heavy atom. The minimum absolute atomic E-state index is 0.0485. The van der Waals surface area contributed by atoms with E-state index in [0.717, 1.165) is 11.1 Å². The van der Waals surface area contributed by atoms with Gasteiger partial charge in [0.25, 0.3) is 5.91 Å². The summed E-state index contributed by atoms with van der Waals surface area (Å²) in [5.74, 6) is -0.0746. The highest BCUT2D eigenvalue weighted by Crippen LogP contribution is 2.28. The van der Waals surface area contributed by atoms with E-state index < -0.39 is 5.95 Å². The molecular formula is C24H26FN5OS. The number of rotatable bonds is 8. The number of likely N-dealkylation sites (N-methyl/N-ethyl adjacent to an activating group) is 1. The maximum atomic E-state index is 14.3. The number of aliphatic imine (C=N–C) groups is 1. The first-order chi connectivity index (χ1) is 15.5. The van der Waals surface area contributed by atoms with E-state index in [1.807, 2.05) is 31.2 Å². The number of pyridine rings is 2. The van der Waals surface area contributed by atoms with Crippen molar-refractivity contribution in [2.75, 3.05) is 25.9 Å². The van der Waals surface area contributed by atoms with E-state index in [0.29, 0.717) is 35.3 Å². The smallest absolute Gasteiger partial charge is 0.272 e. The molecule has 1 unspecified atom stereocenters. The first-order valence-electron chi connectivity index (χ1n) is 10.3. The van der Waals surface area contributed by atoms with E-state index >= 15 is 0 Å². The lowest BCUT2D eigenvalue weighted by Crippen LogP contribution is -2.36. The van der Waals surface area contributed by atoms with Crippen LogP contribution in [0.15, 0.2) is 72.0 Å². The van der Waals surface area contributed by atoms with Gasteiger partial charge < -0.3 is 10.6 Å². The van der Waals surface area contributed by atoms with E-state index in [-0.39, 0.29) is 11.8 Å². The second-order valence-corrected chi connectivity index (χ2v) is 8.14. The number of carbonyl (C=O) groups is 1. The first-order valence-corrected chi connectivity index (χ1v) is 11.3. The quantitative estimate of drug-likeness (QED) is 0.315. The number of nitrogens with zero attached hydrogens (tertiary/aromatic N) is 4. The standard InChI is InChI=1S/C24H26FN5OS/c1-3-30(23(31)21-11-4-5-12-28-21)15-19(16-32-24(26)27-2)17-8-6-9-18(14-17)20-10-7-13-29-22(20)25/h4-14,19H,3,15-16H2,1-2H3,(H2,26,27). The molecule has 32 heavy (non-hydrogen) atoms. The summed E-state index contributed by atoms with van der Waals surface area (Å²) in [5.41, 5.74) is 8.48. The van der Waals surface area contributed by atoms with Crippen LogP contribution in [0.2, 0.25) is 0 Å². The van der Waals surface area contributed by atoms with Crippen molar-refractivity contribution < 1.29 is 9.18 Å². The average Bonchev–Trinajstić information content (AvgIpc) is 2.84. The fourth-order valence-electron chi connectivity index (χ4n) is 3.34. The van der Waals surface area contributed by atoms with Crippen molar-refractivity contribution in [2.45, 2.75) is 12.8 Å². The van der Waals surface area contributed by atoms with E-state index in [2.05, 4.69) is 15.0 Å². The third-order valence-corrected chi connectivity index (χ3v) is 6.12. The van der Waals surface area contributed by atoms with Crippen LogP contribution in [0.1, 0.15) is 28.9 Å². The molecule has 0 saturated heterocycles. The summed E-state index contributed by atoms with van der Waals surface area (Å²) in [6.45, 7) is 2.94. The maximum Gasteiger partial charge on any atom is 0.272 e. The number of carbonyl (C=O) groups excluding carboxylic acids is 1. The number of amides is 1. The molecule has 2 aromatic heterocycles. The fraction of sp³-hybridized carbons (Fsp3) is 0.250. The molecule has 3 rings (SSSR count). The zero-order valence-corrected chi connectivity index (χ0v) is 18.9. The molecule has 0 aliphatic rings. The van der Waals surface area contributed by atoms with Crippen LogP contribution in [0, 0.1) is 5.95 Å². The Hall–Kier alpha value is -3.26. The highest BCUT2D eigenvalue weighted by molar-refractivity contribution is 8.13. The van der Waals surface area contributed by atoms with Gasteiger partial charge in [-0.25, -0.2) is 4.98 Å². The lowest BCUT2D eigenvalue weighted by Gasteiger charge is -2.27. The van der Waals surface area contributed by atoms with Gasteiger partial charge in [0.15, 0.2) is 5.17 Å². The molecule has 1 aromatic carbocycles. The van der Waals surface area contributed by atoms with Crippen LogP contribution >= 0.6 is 11.8 Å². The fourth-order valence-corrected chi connectivity index (χ4v) is 4.14. The number of hydrogen-bond donors (Lipinski definition) is 1. The number of nitrogens with two attached hydrogens (primary N) is 1. The van der Waals surface area contributed by atoms with Gasteiger partial charge in [0.05, 0.1) is 0 Å². The molecular weight excluding hydrogens is 425 g/mol. The molecule has 0 aliphatic heterocycles. The van der Waals surface area contributed by atoms with Crippen molar-refractivity contribution in [3.63, 3.8) is 0 Å². The summed E-state index contributed by atoms with van der Waals surface area (Å²) < 4.78 is 14.3. The monoisotopic (exact) mass is 451 g/mol. The van der Waals surface area contributed by atoms with Gasteiger partial charge in [-0.3, -0.25) is 14.8 Å². The second-order valence-electron chi connectivity index (χ2n) is 7.10. The van der Waals surface area contributed by atoms with E-state index in [4.69, 9.17) is 5.73 Å². The van der Waals surface area contributed by atoms with E-state index in [9.17, 15) is 9.18 Å². The van der Waals surface area contributed by atoms with Crippen LogP contribution < -0.4 is 5.73 Å². The average molecular weight is 452 g/mol. The number of hydrogen-bond acceptors (Lipinski definition) is 5. The number of halogens is 1. The Kier molecular flexibility index (Phi) is 8.33. The summed E-state index contributed by atoms with van der Waals surface area (Å²) in [4.78, 5) is 26.8. The number of thioether (sulfide) groups is 1. The molecule has 0 bridgehead atoms. The molecule has 166 valence electrons. The Labute approximate surface area is 191 Å². The number of amidine groups is 1. The first kappa shape index (κ1) is 23.4. The summed E-state index contributed by atoms with van der Waals surface area (Å²) in [5, 5.41) is 0.476. The Morgan fingerprint density at radius 1 is 1.16 bits per heavy atom. The van der Waals surface area contributed by atoms with Crippen LogP contribution in [0.3, 0.4) is 0 Å². The van der Waals surface area contributed by atoms with E-state index in [1.54, 1.807) is 48.5 Å². The highest BCUT2D eigenvalue weighted by atomic mass is 32.2. The summed E-state index contributed by atoms with van der Waals surface area (Å²) in [6.07, 6.45) is 3.04. The molecule has 3 aromatic rings. The van der Waals surface area contributed by atoms with Crippen molar-refractivity contribution in [2.24, 2.45) is 10.7 Å². The van der Waals surface area contributed by atoms with Crippen LogP contribution in [0.5, 0.6) is 0 Å². The molecule has 0 radical (unpaired) electrons. The zero-order valence-electron chi connectivity index (χ0n) is 18.1. The van der Waals surface area contributed by atoms with Crippen molar-refractivity contribution in [1.29, 1.82) is 0 Å². The Morgan fingerprint density at radius 2 is 1.97 bits per heavy atom. The summed E-state index contributed by atoms with van der Waals surface area (Å²) in [7, 11) is 1.64. The summed E-state index contributed by atoms with van der Waals surface area (Å²) in [6, 6.07) is 16.4. The minimum Gasteiger partial charge on any atom is -0.379 e. The van der Waals surface area contributed by atoms with Gasteiger partial charge in [-0.15, -0.1) is 0 Å². The van der Waals surface area contributed by atoms with Gasteiger partial charge in [-0.05, 0) is 42.3 Å². The number of benzene rings is 1. The molecule has 8 heteroatoms. The van der Waals surface area contributed by atoms with Gasteiger partial charge in [0, 0.05) is 49.8 Å². The SMILES string of the molecule is CCN(CC(CSC(N)=NC)c1cccc(-c2cccnc2F)c1)C(=O)c1ccccn1. The molecule has 6 nitrogen and oxygen atoms in total. The molecule has 1 atom stereocenters. The molecule has 0 saturated carbocycles. The van der Waals surface area contributed by atoms with E-state index in [1.165, 1.54) is 18.0 Å². The Balaban J connectivity index is 1.91. The topological polar surface area (TPSA) is 84.5 Å². The minimum atomic E-state index is -0.515. The van der Waals surface area contributed by atoms with Gasteiger partial charge in [-0.1, -0.05) is 42.1 Å². The molecule has 1 amide bonds. The van der Waals surface area contributed by atoms with Crippen LogP contribution in [-0.4, -0.2) is 51.8 Å². The van der Waals surface area contributed by atoms with Gasteiger partial charge in [-0.2, -0.15) is 4.39 Å². The van der Waals surface area contributed by atoms with Gasteiger partial charge >= 0.3 is 0 Å². The predicted molar refractivity (Wildman–Crippen MR) is 128 cm³/mol. The molecule has 0 fully saturated rings.